The molecule has 0 aliphatic carbocycles. The Hall–Kier alpha value is -1.10. The van der Waals surface area contributed by atoms with Gasteiger partial charge < -0.3 is 15.5 Å². The van der Waals surface area contributed by atoms with Crippen LogP contribution in [0, 0.1) is 5.92 Å². The first-order valence-electron chi connectivity index (χ1n) is 6.71. The largest absolute Gasteiger partial charge is 0.352 e. The second kappa shape index (κ2) is 7.36. The maximum Gasteiger partial charge on any atom is 0.222 e. The summed E-state index contributed by atoms with van der Waals surface area (Å²) >= 11 is 0. The number of nitrogens with one attached hydrogen (secondary N) is 2. The van der Waals surface area contributed by atoms with Crippen molar-refractivity contribution in [2.75, 3.05) is 27.2 Å². The number of rotatable bonds is 5. The molecule has 2 amide bonds. The molecule has 0 radical (unpaired) electrons. The molecule has 0 aromatic carbocycles. The number of amides is 2. The van der Waals surface area contributed by atoms with Gasteiger partial charge in [0.15, 0.2) is 0 Å². The van der Waals surface area contributed by atoms with Crippen molar-refractivity contribution in [1.29, 1.82) is 0 Å². The smallest absolute Gasteiger partial charge is 0.222 e. The Labute approximate surface area is 109 Å². The molecule has 0 aromatic heterocycles. The minimum absolute atomic E-state index is 0.0575. The molecular formula is C13H25N3O2. The minimum Gasteiger partial charge on any atom is -0.352 e. The van der Waals surface area contributed by atoms with Crippen LogP contribution in [-0.2, 0) is 9.59 Å². The standard InChI is InChI=1S/C13H25N3O2/c1-10-7-8-14-9-11(10)15-12(17)5-4-6-13(18)16(2)3/h10-11,14H,4-9H2,1-3H3,(H,15,17). The number of carbonyl (C=O) groups excluding carboxylic acids is 2. The van der Waals surface area contributed by atoms with Gasteiger partial charge in [-0.25, -0.2) is 0 Å². The lowest BCUT2D eigenvalue weighted by Crippen LogP contribution is -2.50. The van der Waals surface area contributed by atoms with Crippen LogP contribution in [0.15, 0.2) is 0 Å². The van der Waals surface area contributed by atoms with Crippen LogP contribution >= 0.6 is 0 Å². The highest BCUT2D eigenvalue weighted by molar-refractivity contribution is 5.78. The first-order valence-corrected chi connectivity index (χ1v) is 6.71. The fraction of sp³-hybridized carbons (Fsp3) is 0.846. The maximum absolute atomic E-state index is 11.7. The molecule has 5 nitrogen and oxygen atoms in total. The van der Waals surface area contributed by atoms with E-state index < -0.39 is 0 Å². The van der Waals surface area contributed by atoms with Crippen LogP contribution in [0.2, 0.25) is 0 Å². The van der Waals surface area contributed by atoms with Crippen molar-refractivity contribution in [2.24, 2.45) is 5.92 Å². The highest BCUT2D eigenvalue weighted by Crippen LogP contribution is 2.11. The van der Waals surface area contributed by atoms with E-state index in [-0.39, 0.29) is 17.9 Å². The summed E-state index contributed by atoms with van der Waals surface area (Å²) in [6.07, 6.45) is 2.60. The van der Waals surface area contributed by atoms with Crippen molar-refractivity contribution < 1.29 is 9.59 Å². The average Bonchev–Trinajstić information content (AvgIpc) is 2.32. The Bertz CT molecular complexity index is 292. The zero-order valence-corrected chi connectivity index (χ0v) is 11.7. The van der Waals surface area contributed by atoms with E-state index in [4.69, 9.17) is 0 Å². The molecule has 0 spiro atoms. The molecule has 0 bridgehead atoms. The maximum atomic E-state index is 11.7. The summed E-state index contributed by atoms with van der Waals surface area (Å²) < 4.78 is 0. The van der Waals surface area contributed by atoms with Gasteiger partial charge in [0.25, 0.3) is 0 Å². The van der Waals surface area contributed by atoms with Gasteiger partial charge in [0.2, 0.25) is 11.8 Å². The molecular weight excluding hydrogens is 230 g/mol. The van der Waals surface area contributed by atoms with Crippen LogP contribution < -0.4 is 10.6 Å². The number of piperidine rings is 1. The van der Waals surface area contributed by atoms with Gasteiger partial charge >= 0.3 is 0 Å². The van der Waals surface area contributed by atoms with Gasteiger partial charge in [-0.15, -0.1) is 0 Å². The first-order chi connectivity index (χ1) is 8.50. The summed E-state index contributed by atoms with van der Waals surface area (Å²) in [6.45, 7) is 4.05. The topological polar surface area (TPSA) is 61.4 Å². The quantitative estimate of drug-likeness (QED) is 0.745. The van der Waals surface area contributed by atoms with Crippen LogP contribution in [0.3, 0.4) is 0 Å². The third-order valence-electron chi connectivity index (χ3n) is 3.47. The average molecular weight is 255 g/mol. The summed E-state index contributed by atoms with van der Waals surface area (Å²) in [5.74, 6) is 0.663. The van der Waals surface area contributed by atoms with Crippen molar-refractivity contribution in [3.05, 3.63) is 0 Å². The van der Waals surface area contributed by atoms with E-state index in [1.165, 1.54) is 0 Å². The number of carbonyl (C=O) groups is 2. The summed E-state index contributed by atoms with van der Waals surface area (Å²) in [5.41, 5.74) is 0. The van der Waals surface area contributed by atoms with E-state index in [1.807, 2.05) is 0 Å². The predicted molar refractivity (Wildman–Crippen MR) is 71.1 cm³/mol. The first kappa shape index (κ1) is 15.0. The monoisotopic (exact) mass is 255 g/mol. The Kier molecular flexibility index (Phi) is 6.12. The number of nitrogens with zero attached hydrogens (tertiary/aromatic N) is 1. The molecule has 2 N–H and O–H groups in total. The Morgan fingerprint density at radius 3 is 2.67 bits per heavy atom. The normalized spacial score (nSPS) is 23.5. The molecule has 1 saturated heterocycles. The van der Waals surface area contributed by atoms with Gasteiger partial charge in [-0.3, -0.25) is 9.59 Å². The van der Waals surface area contributed by atoms with Crippen LogP contribution in [0.4, 0.5) is 0 Å². The van der Waals surface area contributed by atoms with Crippen molar-refractivity contribution in [3.63, 3.8) is 0 Å². The van der Waals surface area contributed by atoms with E-state index in [2.05, 4.69) is 17.6 Å². The lowest BCUT2D eigenvalue weighted by Gasteiger charge is -2.30. The summed E-state index contributed by atoms with van der Waals surface area (Å²) in [4.78, 5) is 24.7. The van der Waals surface area contributed by atoms with E-state index in [1.54, 1.807) is 19.0 Å². The second-order valence-corrected chi connectivity index (χ2v) is 5.29. The van der Waals surface area contributed by atoms with Gasteiger partial charge in [-0.2, -0.15) is 0 Å². The molecule has 0 saturated carbocycles. The molecule has 1 aliphatic rings. The van der Waals surface area contributed by atoms with Crippen molar-refractivity contribution >= 4 is 11.8 Å². The third kappa shape index (κ3) is 5.04. The predicted octanol–water partition coefficient (Wildman–Crippen LogP) is 0.359. The van der Waals surface area contributed by atoms with Crippen molar-refractivity contribution in [3.8, 4) is 0 Å². The highest BCUT2D eigenvalue weighted by Gasteiger charge is 2.22. The zero-order valence-electron chi connectivity index (χ0n) is 11.7. The van der Waals surface area contributed by atoms with Crippen LogP contribution in [-0.4, -0.2) is 49.9 Å². The minimum atomic E-state index is 0.0575. The van der Waals surface area contributed by atoms with Gasteiger partial charge in [-0.1, -0.05) is 6.92 Å². The molecule has 18 heavy (non-hydrogen) atoms. The van der Waals surface area contributed by atoms with Gasteiger partial charge in [0.1, 0.15) is 0 Å². The molecule has 1 aliphatic heterocycles. The number of hydrogen-bond donors (Lipinski definition) is 2. The summed E-state index contributed by atoms with van der Waals surface area (Å²) in [5, 5.41) is 6.33. The molecule has 2 atom stereocenters. The molecule has 5 heteroatoms. The van der Waals surface area contributed by atoms with E-state index >= 15 is 0 Å². The lowest BCUT2D eigenvalue weighted by molar-refractivity contribution is -0.129. The molecule has 2 unspecified atom stereocenters. The summed E-state index contributed by atoms with van der Waals surface area (Å²) in [7, 11) is 3.47. The lowest BCUT2D eigenvalue weighted by atomic mass is 9.94. The molecule has 1 rings (SSSR count). The Morgan fingerprint density at radius 1 is 1.33 bits per heavy atom. The van der Waals surface area contributed by atoms with Gasteiger partial charge in [0.05, 0.1) is 0 Å². The van der Waals surface area contributed by atoms with Crippen LogP contribution in [0.5, 0.6) is 0 Å². The fourth-order valence-electron chi connectivity index (χ4n) is 2.09. The molecule has 1 heterocycles. The van der Waals surface area contributed by atoms with Crippen molar-refractivity contribution in [2.45, 2.75) is 38.6 Å². The van der Waals surface area contributed by atoms with Crippen molar-refractivity contribution in [1.82, 2.24) is 15.5 Å². The second-order valence-electron chi connectivity index (χ2n) is 5.29. The zero-order chi connectivity index (χ0) is 13.5. The van der Waals surface area contributed by atoms with Gasteiger partial charge in [-0.05, 0) is 25.3 Å². The van der Waals surface area contributed by atoms with Gasteiger partial charge in [0, 0.05) is 39.5 Å². The summed E-state index contributed by atoms with van der Waals surface area (Å²) in [6, 6.07) is 0.232. The molecule has 104 valence electrons. The van der Waals surface area contributed by atoms with E-state index in [0.717, 1.165) is 19.5 Å². The van der Waals surface area contributed by atoms with Crippen LogP contribution in [0.25, 0.3) is 0 Å². The fourth-order valence-corrected chi connectivity index (χ4v) is 2.09. The van der Waals surface area contributed by atoms with E-state index in [0.29, 0.717) is 25.2 Å². The SMILES string of the molecule is CC1CCNCC1NC(=O)CCCC(=O)N(C)C. The number of hydrogen-bond acceptors (Lipinski definition) is 3. The molecule has 1 fully saturated rings. The van der Waals surface area contributed by atoms with E-state index in [9.17, 15) is 9.59 Å². The van der Waals surface area contributed by atoms with Crippen LogP contribution in [0.1, 0.15) is 32.6 Å². The Morgan fingerprint density at radius 2 is 2.06 bits per heavy atom. The highest BCUT2D eigenvalue weighted by atomic mass is 16.2. The Balaban J connectivity index is 2.19. The molecule has 0 aromatic rings. The third-order valence-corrected chi connectivity index (χ3v) is 3.47.